The summed E-state index contributed by atoms with van der Waals surface area (Å²) in [4.78, 5) is 36.0. The topological polar surface area (TPSA) is 108 Å². The lowest BCUT2D eigenvalue weighted by atomic mass is 9.98. The number of nitrogens with one attached hydrogen (secondary N) is 2. The number of benzene rings is 2. The Labute approximate surface area is 218 Å². The number of carbonyl (C=O) groups is 1. The Balaban J connectivity index is 1.34. The van der Waals surface area contributed by atoms with Gasteiger partial charge in [0.25, 0.3) is 0 Å². The average molecular weight is 519 g/mol. The summed E-state index contributed by atoms with van der Waals surface area (Å²) in [6.07, 6.45) is 4.23. The predicted molar refractivity (Wildman–Crippen MR) is 143 cm³/mol. The van der Waals surface area contributed by atoms with Crippen molar-refractivity contribution in [3.8, 4) is 5.75 Å². The van der Waals surface area contributed by atoms with Gasteiger partial charge >= 0.3 is 6.09 Å². The number of rotatable bonds is 6. The van der Waals surface area contributed by atoms with E-state index in [4.69, 9.17) is 16.3 Å². The molecule has 0 saturated carbocycles. The fourth-order valence-corrected chi connectivity index (χ4v) is 4.80. The minimum absolute atomic E-state index is 0.212. The molecule has 1 aliphatic rings. The second-order valence-electron chi connectivity index (χ2n) is 9.11. The highest BCUT2D eigenvalue weighted by Crippen LogP contribution is 2.25. The number of hydrogen-bond acceptors (Lipinski definition) is 6. The summed E-state index contributed by atoms with van der Waals surface area (Å²) < 4.78 is 5.51. The highest BCUT2D eigenvalue weighted by molar-refractivity contribution is 6.31. The van der Waals surface area contributed by atoms with E-state index < -0.39 is 12.1 Å². The Morgan fingerprint density at radius 3 is 2.65 bits per heavy atom. The molecule has 1 amide bonds. The van der Waals surface area contributed by atoms with Gasteiger partial charge in [0.15, 0.2) is 11.2 Å². The van der Waals surface area contributed by atoms with Gasteiger partial charge in [-0.3, -0.25) is 4.79 Å². The predicted octanol–water partition coefficient (Wildman–Crippen LogP) is 4.66. The van der Waals surface area contributed by atoms with Crippen molar-refractivity contribution in [1.29, 1.82) is 0 Å². The third-order valence-corrected chi connectivity index (χ3v) is 6.94. The number of hydrogen-bond donors (Lipinski definition) is 3. The molecule has 1 unspecified atom stereocenters. The molecular formula is C28H27ClN4O4. The summed E-state index contributed by atoms with van der Waals surface area (Å²) in [5.74, 6) is 1.43. The van der Waals surface area contributed by atoms with E-state index in [-0.39, 0.29) is 12.0 Å². The Hall–Kier alpha value is -3.88. The molecule has 9 heteroatoms. The van der Waals surface area contributed by atoms with E-state index in [0.29, 0.717) is 33.2 Å². The summed E-state index contributed by atoms with van der Waals surface area (Å²) in [6.45, 7) is 1.86. The van der Waals surface area contributed by atoms with Crippen LogP contribution in [0, 0.1) is 5.92 Å². The zero-order chi connectivity index (χ0) is 25.8. The second kappa shape index (κ2) is 11.0. The fourth-order valence-electron chi connectivity index (χ4n) is 4.63. The Bertz CT molecular complexity index is 1430. The molecule has 1 aliphatic heterocycles. The molecular weight excluding hydrogens is 492 g/mol. The van der Waals surface area contributed by atoms with E-state index in [2.05, 4.69) is 20.2 Å². The van der Waals surface area contributed by atoms with E-state index in [1.165, 1.54) is 6.20 Å². The van der Waals surface area contributed by atoms with Gasteiger partial charge in [-0.25, -0.2) is 9.78 Å². The Morgan fingerprint density at radius 1 is 1.16 bits per heavy atom. The quantitative estimate of drug-likeness (QED) is 0.342. The molecule has 1 fully saturated rings. The molecule has 3 heterocycles. The lowest BCUT2D eigenvalue weighted by molar-refractivity contribution is 0.197. The Morgan fingerprint density at radius 2 is 1.95 bits per heavy atom. The number of carbonyl (C=O) groups excluding carboxylic acids is 1. The maximum Gasteiger partial charge on any atom is 0.413 e. The van der Waals surface area contributed by atoms with E-state index in [1.807, 2.05) is 36.4 Å². The van der Waals surface area contributed by atoms with Crippen LogP contribution in [0.5, 0.6) is 5.75 Å². The number of aliphatic hydroxyl groups excluding tert-OH is 1. The van der Waals surface area contributed by atoms with Crippen molar-refractivity contribution in [3.05, 3.63) is 99.4 Å². The van der Waals surface area contributed by atoms with Gasteiger partial charge in [-0.2, -0.15) is 0 Å². The molecule has 0 radical (unpaired) electrons. The van der Waals surface area contributed by atoms with Gasteiger partial charge in [-0.1, -0.05) is 41.9 Å². The number of nitrogens with zero attached hydrogens (tertiary/aromatic N) is 2. The van der Waals surface area contributed by atoms with Crippen LogP contribution in [0.2, 0.25) is 5.02 Å². The summed E-state index contributed by atoms with van der Waals surface area (Å²) in [7, 11) is 0. The smallest absolute Gasteiger partial charge is 0.409 e. The molecule has 4 aromatic rings. The molecule has 0 aliphatic carbocycles. The molecule has 37 heavy (non-hydrogen) atoms. The maximum atomic E-state index is 13.3. The van der Waals surface area contributed by atoms with E-state index in [0.717, 1.165) is 37.3 Å². The number of H-pyrrole nitrogens is 1. The van der Waals surface area contributed by atoms with E-state index >= 15 is 0 Å². The van der Waals surface area contributed by atoms with Gasteiger partial charge in [-0.15, -0.1) is 0 Å². The summed E-state index contributed by atoms with van der Waals surface area (Å²) in [6, 6.07) is 17.0. The minimum Gasteiger partial charge on any atom is -0.409 e. The normalized spacial score (nSPS) is 14.9. The number of amides is 1. The van der Waals surface area contributed by atoms with E-state index in [9.17, 15) is 14.7 Å². The molecule has 2 aromatic carbocycles. The largest absolute Gasteiger partial charge is 0.413 e. The monoisotopic (exact) mass is 518 g/mol. The first kappa shape index (κ1) is 24.8. The van der Waals surface area contributed by atoms with Crippen molar-refractivity contribution in [2.24, 2.45) is 5.92 Å². The number of piperidine rings is 1. The molecule has 5 rings (SSSR count). The fraction of sp³-hybridized carbons (Fsp3) is 0.250. The van der Waals surface area contributed by atoms with Crippen LogP contribution in [-0.4, -0.2) is 40.9 Å². The van der Waals surface area contributed by atoms with Gasteiger partial charge in [0, 0.05) is 41.9 Å². The number of aromatic nitrogens is 2. The van der Waals surface area contributed by atoms with Crippen molar-refractivity contribution in [2.45, 2.75) is 18.9 Å². The zero-order valence-electron chi connectivity index (χ0n) is 20.1. The van der Waals surface area contributed by atoms with Crippen LogP contribution in [-0.2, 0) is 0 Å². The van der Waals surface area contributed by atoms with Crippen molar-refractivity contribution in [2.75, 3.05) is 24.6 Å². The van der Waals surface area contributed by atoms with Crippen molar-refractivity contribution >= 4 is 34.4 Å². The summed E-state index contributed by atoms with van der Waals surface area (Å²) >= 11 is 6.07. The summed E-state index contributed by atoms with van der Waals surface area (Å²) in [5, 5.41) is 13.2. The van der Waals surface area contributed by atoms with Gasteiger partial charge in [0.05, 0.1) is 17.8 Å². The molecule has 1 atom stereocenters. The number of halogens is 1. The number of aromatic amines is 1. The van der Waals surface area contributed by atoms with Gasteiger partial charge < -0.3 is 25.0 Å². The SMILES string of the molecule is O=C(NC(c1ccccc1)c1c[nH]c2cc(Cl)ccc2c1=O)Oc1ccc(N2CCC(CO)CC2)nc1. The van der Waals surface area contributed by atoms with Gasteiger partial charge in [0.1, 0.15) is 5.82 Å². The first-order chi connectivity index (χ1) is 18.0. The highest BCUT2D eigenvalue weighted by atomic mass is 35.5. The average Bonchev–Trinajstić information content (AvgIpc) is 2.93. The first-order valence-electron chi connectivity index (χ1n) is 12.2. The van der Waals surface area contributed by atoms with Crippen molar-refractivity contribution in [1.82, 2.24) is 15.3 Å². The molecule has 0 spiro atoms. The number of pyridine rings is 2. The maximum absolute atomic E-state index is 13.3. The molecule has 3 N–H and O–H groups in total. The second-order valence-corrected chi connectivity index (χ2v) is 9.54. The van der Waals surface area contributed by atoms with E-state index in [1.54, 1.807) is 30.5 Å². The molecule has 0 bridgehead atoms. The van der Waals surface area contributed by atoms with Gasteiger partial charge in [0.2, 0.25) is 0 Å². The molecule has 1 saturated heterocycles. The van der Waals surface area contributed by atoms with Crippen molar-refractivity contribution < 1.29 is 14.6 Å². The van der Waals surface area contributed by atoms with Crippen LogP contribution in [0.25, 0.3) is 10.9 Å². The number of fused-ring (bicyclic) bond motifs is 1. The highest BCUT2D eigenvalue weighted by Gasteiger charge is 2.23. The van der Waals surface area contributed by atoms with Gasteiger partial charge in [-0.05, 0) is 54.7 Å². The number of aliphatic hydroxyl groups is 1. The third-order valence-electron chi connectivity index (χ3n) is 6.71. The van der Waals surface area contributed by atoms with Crippen LogP contribution in [0.15, 0.2) is 77.9 Å². The minimum atomic E-state index is -0.738. The number of anilines is 1. The summed E-state index contributed by atoms with van der Waals surface area (Å²) in [5.41, 5.74) is 1.51. The van der Waals surface area contributed by atoms with Crippen LogP contribution < -0.4 is 20.4 Å². The van der Waals surface area contributed by atoms with Crippen LogP contribution >= 0.6 is 11.6 Å². The number of ether oxygens (including phenoxy) is 1. The molecule has 190 valence electrons. The van der Waals surface area contributed by atoms with Crippen LogP contribution in [0.4, 0.5) is 10.6 Å². The zero-order valence-corrected chi connectivity index (χ0v) is 20.8. The third kappa shape index (κ3) is 5.60. The molecule has 2 aromatic heterocycles. The van der Waals surface area contributed by atoms with Crippen LogP contribution in [0.1, 0.15) is 30.0 Å². The lowest BCUT2D eigenvalue weighted by Crippen LogP contribution is -2.35. The van der Waals surface area contributed by atoms with Crippen molar-refractivity contribution in [3.63, 3.8) is 0 Å². The Kier molecular flexibility index (Phi) is 7.39. The lowest BCUT2D eigenvalue weighted by Gasteiger charge is -2.31. The van der Waals surface area contributed by atoms with Crippen LogP contribution in [0.3, 0.4) is 0 Å². The first-order valence-corrected chi connectivity index (χ1v) is 12.6. The molecule has 8 nitrogen and oxygen atoms in total. The standard InChI is InChI=1S/C28H27ClN4O4/c29-20-6-8-22-24(14-20)30-16-23(27(22)35)26(19-4-2-1-3-5-19)32-28(36)37-21-7-9-25(31-15-21)33-12-10-18(17-34)11-13-33/h1-9,14-16,18,26,34H,10-13,17H2,(H,30,35)(H,32,36).